The van der Waals surface area contributed by atoms with Gasteiger partial charge in [0.15, 0.2) is 28.3 Å². The molecule has 9 nitrogen and oxygen atoms in total. The molecule has 0 saturated heterocycles. The Bertz CT molecular complexity index is 933. The molecule has 0 saturated carbocycles. The maximum absolute atomic E-state index is 13.2. The lowest BCUT2D eigenvalue weighted by atomic mass is 9.97. The second kappa shape index (κ2) is 10.3. The van der Waals surface area contributed by atoms with Crippen molar-refractivity contribution in [2.45, 2.75) is 23.7 Å². The van der Waals surface area contributed by atoms with Crippen molar-refractivity contribution in [2.24, 2.45) is 0 Å². The number of benzene rings is 1. The van der Waals surface area contributed by atoms with Crippen LogP contribution < -0.4 is 9.47 Å². The number of carbonyl (C=O) groups excluding carboxylic acids is 2. The molecule has 0 aliphatic heterocycles. The van der Waals surface area contributed by atoms with Crippen LogP contribution in [0.25, 0.3) is 0 Å². The molecule has 1 aromatic heterocycles. The number of nitrogens with zero attached hydrogens (tertiary/aromatic N) is 1. The maximum atomic E-state index is 13.2. The van der Waals surface area contributed by atoms with Crippen LogP contribution in [0.4, 0.5) is 0 Å². The number of ether oxygens (including phenoxy) is 4. The highest BCUT2D eigenvalue weighted by Crippen LogP contribution is 2.35. The highest BCUT2D eigenvalue weighted by atomic mass is 32.2. The van der Waals surface area contributed by atoms with Crippen molar-refractivity contribution in [2.75, 3.05) is 21.3 Å². The van der Waals surface area contributed by atoms with Gasteiger partial charge in [0.05, 0.1) is 32.5 Å². The maximum Gasteiger partial charge on any atom is 0.340 e. The van der Waals surface area contributed by atoms with E-state index in [-0.39, 0.29) is 21.8 Å². The quantitative estimate of drug-likeness (QED) is 0.487. The zero-order valence-corrected chi connectivity index (χ0v) is 17.8. The predicted octanol–water partition coefficient (Wildman–Crippen LogP) is 1.87. The Kier molecular flexibility index (Phi) is 8.04. The van der Waals surface area contributed by atoms with Crippen molar-refractivity contribution in [3.05, 3.63) is 53.9 Å². The number of esters is 2. The number of rotatable bonds is 8. The van der Waals surface area contributed by atoms with Crippen LogP contribution in [-0.2, 0) is 31.2 Å². The van der Waals surface area contributed by atoms with Gasteiger partial charge < -0.3 is 28.6 Å². The number of pyridine rings is 1. The summed E-state index contributed by atoms with van der Waals surface area (Å²) in [5.41, 5.74) is 0.503. The molecule has 0 aliphatic carbocycles. The minimum absolute atomic E-state index is 0.0468. The molecule has 0 fully saturated rings. The summed E-state index contributed by atoms with van der Waals surface area (Å²) in [6.07, 6.45) is -0.422. The summed E-state index contributed by atoms with van der Waals surface area (Å²) in [6, 6.07) is 4.59. The molecule has 1 aromatic carbocycles. The first-order valence-corrected chi connectivity index (χ1v) is 9.92. The largest absolute Gasteiger partial charge is 0.611 e. The number of hydrogen-bond donors (Lipinski definition) is 1. The first-order valence-electron chi connectivity index (χ1n) is 8.60. The number of aryl methyl sites for hydroxylation is 1. The monoisotopic (exact) mass is 436 g/mol. The average molecular weight is 436 g/mol. The molecule has 0 amide bonds. The summed E-state index contributed by atoms with van der Waals surface area (Å²) in [7, 11) is 7.03. The van der Waals surface area contributed by atoms with Crippen molar-refractivity contribution >= 4 is 23.1 Å². The van der Waals surface area contributed by atoms with Crippen LogP contribution in [0, 0.1) is 14.0 Å². The van der Waals surface area contributed by atoms with Crippen LogP contribution in [0.3, 0.4) is 0 Å². The molecular weight excluding hydrogens is 414 g/mol. The number of aliphatic hydroxyl groups excluding tert-OH is 1. The SMILES string of the molecule is [CH2]OC(=O)[C@H](O)c1c([S@+]([O-])Cc2nccc(OC)c2OC)ccc(C)c1C(=O)OC. The third kappa shape index (κ3) is 4.66. The highest BCUT2D eigenvalue weighted by molar-refractivity contribution is 7.90. The predicted molar refractivity (Wildman–Crippen MR) is 106 cm³/mol. The molecule has 10 heteroatoms. The van der Waals surface area contributed by atoms with E-state index in [4.69, 9.17) is 14.2 Å². The van der Waals surface area contributed by atoms with Crippen molar-refractivity contribution < 1.29 is 38.2 Å². The second-order valence-electron chi connectivity index (χ2n) is 6.01. The fraction of sp³-hybridized carbons (Fsp3) is 0.300. The lowest BCUT2D eigenvalue weighted by Gasteiger charge is -2.20. The van der Waals surface area contributed by atoms with E-state index in [2.05, 4.69) is 16.8 Å². The molecule has 2 aromatic rings. The average Bonchev–Trinajstić information content (AvgIpc) is 2.76. The molecule has 1 heterocycles. The zero-order valence-electron chi connectivity index (χ0n) is 17.0. The first-order chi connectivity index (χ1) is 14.3. The molecule has 1 radical (unpaired) electrons. The lowest BCUT2D eigenvalue weighted by Crippen LogP contribution is -2.22. The van der Waals surface area contributed by atoms with Crippen LogP contribution in [0.5, 0.6) is 11.5 Å². The number of methoxy groups -OCH3 is 3. The van der Waals surface area contributed by atoms with Gasteiger partial charge in [0.1, 0.15) is 12.8 Å². The summed E-state index contributed by atoms with van der Waals surface area (Å²) in [5, 5.41) is 10.5. The minimum Gasteiger partial charge on any atom is -0.611 e. The molecular formula is C20H22NO8S. The van der Waals surface area contributed by atoms with E-state index in [1.54, 1.807) is 19.1 Å². The minimum atomic E-state index is -1.89. The number of hydrogen-bond acceptors (Lipinski definition) is 9. The number of carbonyl (C=O) groups is 2. The van der Waals surface area contributed by atoms with Gasteiger partial charge in [-0.3, -0.25) is 4.98 Å². The smallest absolute Gasteiger partial charge is 0.340 e. The molecule has 0 unspecified atom stereocenters. The Morgan fingerprint density at radius 3 is 2.50 bits per heavy atom. The summed E-state index contributed by atoms with van der Waals surface area (Å²) >= 11 is -1.84. The van der Waals surface area contributed by atoms with Gasteiger partial charge in [-0.15, -0.1) is 0 Å². The Balaban J connectivity index is 2.61. The van der Waals surface area contributed by atoms with Crippen LogP contribution in [0.2, 0.25) is 0 Å². The molecule has 2 rings (SSSR count). The van der Waals surface area contributed by atoms with Gasteiger partial charge in [-0.1, -0.05) is 6.07 Å². The summed E-state index contributed by atoms with van der Waals surface area (Å²) in [6.45, 7) is 1.59. The Morgan fingerprint density at radius 2 is 1.93 bits per heavy atom. The van der Waals surface area contributed by atoms with Gasteiger partial charge in [0.2, 0.25) is 0 Å². The standard InChI is InChI=1S/C20H22NO8S/c1-11-6-7-14(16(15(11)19(23)28-4)17(22)20(24)29-5)30(25)10-12-18(27-3)13(26-2)8-9-21-12/h6-9,17,22H,5,10H2,1-4H3/t17-,30-/m1/s1. The van der Waals surface area contributed by atoms with Crippen molar-refractivity contribution in [1.82, 2.24) is 4.98 Å². The van der Waals surface area contributed by atoms with Gasteiger partial charge in [-0.2, -0.15) is 0 Å². The van der Waals surface area contributed by atoms with Gasteiger partial charge in [-0.25, -0.2) is 9.59 Å². The fourth-order valence-electron chi connectivity index (χ4n) is 2.90. The third-order valence-electron chi connectivity index (χ3n) is 4.32. The van der Waals surface area contributed by atoms with Crippen molar-refractivity contribution in [3.8, 4) is 11.5 Å². The van der Waals surface area contributed by atoms with Gasteiger partial charge >= 0.3 is 11.9 Å². The van der Waals surface area contributed by atoms with Gasteiger partial charge in [0, 0.05) is 12.3 Å². The Morgan fingerprint density at radius 1 is 1.23 bits per heavy atom. The van der Waals surface area contributed by atoms with E-state index in [0.29, 0.717) is 22.8 Å². The van der Waals surface area contributed by atoms with E-state index in [1.165, 1.54) is 26.5 Å². The van der Waals surface area contributed by atoms with E-state index >= 15 is 0 Å². The first kappa shape index (κ1) is 23.5. The van der Waals surface area contributed by atoms with Crippen LogP contribution in [-0.4, -0.2) is 47.9 Å². The van der Waals surface area contributed by atoms with E-state index in [9.17, 15) is 19.2 Å². The van der Waals surface area contributed by atoms with Crippen LogP contribution >= 0.6 is 0 Å². The van der Waals surface area contributed by atoms with Crippen LogP contribution in [0.15, 0.2) is 29.3 Å². The van der Waals surface area contributed by atoms with E-state index in [0.717, 1.165) is 7.11 Å². The molecule has 0 bridgehead atoms. The van der Waals surface area contributed by atoms with E-state index < -0.39 is 29.2 Å². The number of aliphatic hydroxyl groups is 1. The van der Waals surface area contributed by atoms with Crippen molar-refractivity contribution in [3.63, 3.8) is 0 Å². The zero-order chi connectivity index (χ0) is 22.4. The molecule has 30 heavy (non-hydrogen) atoms. The van der Waals surface area contributed by atoms with Gasteiger partial charge in [-0.05, 0) is 29.7 Å². The second-order valence-corrected chi connectivity index (χ2v) is 7.43. The van der Waals surface area contributed by atoms with Gasteiger partial charge in [0.25, 0.3) is 0 Å². The molecule has 0 spiro atoms. The Hall–Kier alpha value is -2.82. The topological polar surface area (TPSA) is 127 Å². The Labute approximate surface area is 177 Å². The molecule has 1 N–H and O–H groups in total. The summed E-state index contributed by atoms with van der Waals surface area (Å²) in [5.74, 6) is -1.34. The lowest BCUT2D eigenvalue weighted by molar-refractivity contribution is -0.148. The van der Waals surface area contributed by atoms with Crippen LogP contribution in [0.1, 0.15) is 33.3 Å². The highest BCUT2D eigenvalue weighted by Gasteiger charge is 2.34. The third-order valence-corrected chi connectivity index (χ3v) is 5.70. The van der Waals surface area contributed by atoms with Crippen molar-refractivity contribution in [1.29, 1.82) is 0 Å². The normalized spacial score (nSPS) is 12.6. The molecule has 161 valence electrons. The summed E-state index contributed by atoms with van der Waals surface area (Å²) < 4.78 is 32.9. The fourth-order valence-corrected chi connectivity index (χ4v) is 4.19. The molecule has 0 aliphatic rings. The van der Waals surface area contributed by atoms with E-state index in [1.807, 2.05) is 0 Å². The summed E-state index contributed by atoms with van der Waals surface area (Å²) in [4.78, 5) is 28.5. The molecule has 2 atom stereocenters. The number of aromatic nitrogens is 1.